The topological polar surface area (TPSA) is 65.7 Å². The van der Waals surface area contributed by atoms with Crippen LogP contribution in [0, 0.1) is 13.8 Å². The third-order valence-electron chi connectivity index (χ3n) is 7.55. The lowest BCUT2D eigenvalue weighted by molar-refractivity contribution is -0.137. The molecule has 39 heavy (non-hydrogen) atoms. The molecule has 0 bridgehead atoms. The van der Waals surface area contributed by atoms with E-state index in [4.69, 9.17) is 13.9 Å². The molecule has 0 fully saturated rings. The molecule has 0 atom stereocenters. The zero-order valence-corrected chi connectivity index (χ0v) is 26.0. The first kappa shape index (κ1) is 35.2. The first-order valence-electron chi connectivity index (χ1n) is 16.5. The van der Waals surface area contributed by atoms with Crippen molar-refractivity contribution in [2.75, 3.05) is 0 Å². The van der Waals surface area contributed by atoms with E-state index in [1.54, 1.807) is 13.8 Å². The smallest absolute Gasteiger partial charge is 0.311 e. The highest BCUT2D eigenvalue weighted by atomic mass is 16.6. The predicted octanol–water partition coefficient (Wildman–Crippen LogP) is 11.1. The fourth-order valence-corrected chi connectivity index (χ4v) is 5.08. The van der Waals surface area contributed by atoms with Crippen molar-refractivity contribution < 1.29 is 23.5 Å². The van der Waals surface area contributed by atoms with Crippen molar-refractivity contribution >= 4 is 11.9 Å². The number of esters is 2. The Labute approximate surface area is 240 Å². The van der Waals surface area contributed by atoms with Crippen LogP contribution < -0.4 is 9.47 Å². The molecule has 0 amide bonds. The molecular formula is C34H60O5. The van der Waals surface area contributed by atoms with Crippen molar-refractivity contribution in [2.24, 2.45) is 0 Å². The molecular weight excluding hydrogens is 488 g/mol. The maximum absolute atomic E-state index is 12.5. The minimum Gasteiger partial charge on any atom is -0.459 e. The third kappa shape index (κ3) is 18.2. The number of unbranched alkanes of at least 4 members (excludes halogenated alkanes) is 20. The molecule has 1 rings (SSSR count). The monoisotopic (exact) mass is 548 g/mol. The Morgan fingerprint density at radius 3 is 1.00 bits per heavy atom. The normalized spacial score (nSPS) is 11.2. The highest BCUT2D eigenvalue weighted by Gasteiger charge is 2.23. The number of hydrogen-bond acceptors (Lipinski definition) is 5. The van der Waals surface area contributed by atoms with Crippen LogP contribution in [0.3, 0.4) is 0 Å². The summed E-state index contributed by atoms with van der Waals surface area (Å²) < 4.78 is 16.8. The van der Waals surface area contributed by atoms with Crippen LogP contribution in [-0.2, 0) is 9.59 Å². The molecule has 1 aromatic heterocycles. The highest BCUT2D eigenvalue weighted by Crippen LogP contribution is 2.38. The minimum atomic E-state index is -0.294. The second kappa shape index (κ2) is 24.1. The summed E-state index contributed by atoms with van der Waals surface area (Å²) in [5, 5.41) is 0. The van der Waals surface area contributed by atoms with Gasteiger partial charge in [-0.2, -0.15) is 0 Å². The molecule has 0 spiro atoms. The van der Waals surface area contributed by atoms with E-state index in [1.165, 1.54) is 103 Å². The summed E-state index contributed by atoms with van der Waals surface area (Å²) in [6.07, 6.45) is 28.0. The van der Waals surface area contributed by atoms with Crippen molar-refractivity contribution in [3.63, 3.8) is 0 Å². The largest absolute Gasteiger partial charge is 0.459 e. The molecule has 0 N–H and O–H groups in total. The molecule has 0 saturated heterocycles. The standard InChI is InChI=1S/C34H60O5/c1-5-7-9-11-13-15-17-19-21-23-25-27-31(35)38-33-29(3)37-30(4)34(33)39-32(36)28-26-24-22-20-18-16-14-12-10-8-6-2/h5-28H2,1-4H3. The molecule has 1 heterocycles. The second-order valence-corrected chi connectivity index (χ2v) is 11.4. The lowest BCUT2D eigenvalue weighted by Gasteiger charge is -2.08. The Kier molecular flexibility index (Phi) is 21.7. The van der Waals surface area contributed by atoms with E-state index < -0.39 is 0 Å². The van der Waals surface area contributed by atoms with Gasteiger partial charge in [0, 0.05) is 12.8 Å². The molecule has 5 heteroatoms. The van der Waals surface area contributed by atoms with Gasteiger partial charge >= 0.3 is 11.9 Å². The van der Waals surface area contributed by atoms with E-state index in [-0.39, 0.29) is 23.4 Å². The van der Waals surface area contributed by atoms with E-state index in [9.17, 15) is 9.59 Å². The van der Waals surface area contributed by atoms with Gasteiger partial charge in [-0.05, 0) is 26.7 Å². The van der Waals surface area contributed by atoms with Gasteiger partial charge in [0.25, 0.3) is 0 Å². The first-order chi connectivity index (χ1) is 19.0. The van der Waals surface area contributed by atoms with Crippen LogP contribution in [0.25, 0.3) is 0 Å². The van der Waals surface area contributed by atoms with Gasteiger partial charge in [0.05, 0.1) is 0 Å². The van der Waals surface area contributed by atoms with Crippen LogP contribution in [0.15, 0.2) is 4.42 Å². The molecule has 0 radical (unpaired) electrons. The van der Waals surface area contributed by atoms with Crippen LogP contribution in [0.2, 0.25) is 0 Å². The molecule has 0 aliphatic carbocycles. The number of carbonyl (C=O) groups is 2. The van der Waals surface area contributed by atoms with Crippen LogP contribution >= 0.6 is 0 Å². The minimum absolute atomic E-state index is 0.257. The molecule has 0 unspecified atom stereocenters. The number of aryl methyl sites for hydroxylation is 2. The SMILES string of the molecule is CCCCCCCCCCCCCC(=O)Oc1c(C)oc(C)c1OC(=O)CCCCCCCCCCCCC. The average Bonchev–Trinajstić information content (AvgIpc) is 3.17. The van der Waals surface area contributed by atoms with Gasteiger partial charge in [-0.1, -0.05) is 142 Å². The van der Waals surface area contributed by atoms with Gasteiger partial charge in [0.1, 0.15) is 11.5 Å². The molecule has 0 aliphatic rings. The molecule has 0 aromatic carbocycles. The maximum atomic E-state index is 12.5. The first-order valence-corrected chi connectivity index (χ1v) is 16.5. The predicted molar refractivity (Wildman–Crippen MR) is 162 cm³/mol. The quantitative estimate of drug-likeness (QED) is 0.0850. The van der Waals surface area contributed by atoms with E-state index in [1.807, 2.05) is 0 Å². The number of furan rings is 1. The van der Waals surface area contributed by atoms with Crippen molar-refractivity contribution in [1.82, 2.24) is 0 Å². The number of hydrogen-bond donors (Lipinski definition) is 0. The Morgan fingerprint density at radius 2 is 0.718 bits per heavy atom. The fourth-order valence-electron chi connectivity index (χ4n) is 5.08. The fraction of sp³-hybridized carbons (Fsp3) is 0.824. The van der Waals surface area contributed by atoms with Gasteiger partial charge in [-0.3, -0.25) is 9.59 Å². The average molecular weight is 549 g/mol. The summed E-state index contributed by atoms with van der Waals surface area (Å²) in [6, 6.07) is 0. The van der Waals surface area contributed by atoms with Gasteiger partial charge < -0.3 is 13.9 Å². The Balaban J connectivity index is 2.19. The summed E-state index contributed by atoms with van der Waals surface area (Å²) in [5.74, 6) is 0.866. The zero-order chi connectivity index (χ0) is 28.6. The molecule has 5 nitrogen and oxygen atoms in total. The van der Waals surface area contributed by atoms with Crippen molar-refractivity contribution in [1.29, 1.82) is 0 Å². The highest BCUT2D eigenvalue weighted by molar-refractivity contribution is 5.77. The number of ether oxygens (including phenoxy) is 2. The van der Waals surface area contributed by atoms with Crippen LogP contribution in [0.1, 0.15) is 179 Å². The third-order valence-corrected chi connectivity index (χ3v) is 7.55. The van der Waals surface area contributed by atoms with Crippen LogP contribution in [0.4, 0.5) is 0 Å². The van der Waals surface area contributed by atoms with Crippen LogP contribution in [0.5, 0.6) is 11.5 Å². The Morgan fingerprint density at radius 1 is 0.462 bits per heavy atom. The van der Waals surface area contributed by atoms with Crippen molar-refractivity contribution in [3.8, 4) is 11.5 Å². The lowest BCUT2D eigenvalue weighted by Crippen LogP contribution is -2.12. The second-order valence-electron chi connectivity index (χ2n) is 11.4. The summed E-state index contributed by atoms with van der Waals surface area (Å²) >= 11 is 0. The van der Waals surface area contributed by atoms with Gasteiger partial charge in [-0.25, -0.2) is 0 Å². The van der Waals surface area contributed by atoms with E-state index in [0.717, 1.165) is 38.5 Å². The van der Waals surface area contributed by atoms with Crippen LogP contribution in [-0.4, -0.2) is 11.9 Å². The van der Waals surface area contributed by atoms with Gasteiger partial charge in [0.2, 0.25) is 11.5 Å². The summed E-state index contributed by atoms with van der Waals surface area (Å²) in [7, 11) is 0. The Hall–Kier alpha value is -1.78. The Bertz CT molecular complexity index is 691. The molecule has 0 aliphatic heterocycles. The molecule has 1 aromatic rings. The summed E-state index contributed by atoms with van der Waals surface area (Å²) in [6.45, 7) is 7.97. The molecule has 226 valence electrons. The zero-order valence-electron chi connectivity index (χ0n) is 26.0. The molecule has 0 saturated carbocycles. The lowest BCUT2D eigenvalue weighted by atomic mass is 10.1. The van der Waals surface area contributed by atoms with Gasteiger partial charge in [0.15, 0.2) is 0 Å². The summed E-state index contributed by atoms with van der Waals surface area (Å²) in [5.41, 5.74) is 0. The number of carbonyl (C=O) groups excluding carboxylic acids is 2. The van der Waals surface area contributed by atoms with Gasteiger partial charge in [-0.15, -0.1) is 0 Å². The number of rotatable bonds is 26. The maximum Gasteiger partial charge on any atom is 0.311 e. The van der Waals surface area contributed by atoms with Crippen molar-refractivity contribution in [3.05, 3.63) is 11.5 Å². The van der Waals surface area contributed by atoms with Crippen molar-refractivity contribution in [2.45, 2.75) is 182 Å². The van der Waals surface area contributed by atoms with E-state index in [0.29, 0.717) is 24.4 Å². The summed E-state index contributed by atoms with van der Waals surface area (Å²) in [4.78, 5) is 24.9. The van der Waals surface area contributed by atoms with E-state index >= 15 is 0 Å². The van der Waals surface area contributed by atoms with E-state index in [2.05, 4.69) is 13.8 Å².